The molecule has 0 saturated heterocycles. The van der Waals surface area contributed by atoms with Gasteiger partial charge >= 0.3 is 0 Å². The molecule has 18 aromatic carbocycles. The van der Waals surface area contributed by atoms with Gasteiger partial charge in [0.05, 0.1) is 12.3 Å². The second-order valence-electron chi connectivity index (χ2n) is 42.2. The van der Waals surface area contributed by atoms with E-state index in [1.807, 2.05) is 89.4 Å². The van der Waals surface area contributed by atoms with Crippen molar-refractivity contribution in [1.82, 2.24) is 0 Å². The van der Waals surface area contributed by atoms with E-state index in [4.69, 9.17) is 30.0 Å². The van der Waals surface area contributed by atoms with Gasteiger partial charge in [0, 0.05) is 106 Å². The molecule has 690 valence electrons. The third-order valence-electron chi connectivity index (χ3n) is 26.1. The van der Waals surface area contributed by atoms with Gasteiger partial charge < -0.3 is 17.7 Å². The summed E-state index contributed by atoms with van der Waals surface area (Å²) in [5, 5.41) is 14.1. The van der Waals surface area contributed by atoms with Crippen LogP contribution in [0.1, 0.15) is 176 Å². The maximum Gasteiger partial charge on any atom is 0.143 e. The van der Waals surface area contributed by atoms with Crippen molar-refractivity contribution in [3.63, 3.8) is 0 Å². The number of rotatable bonds is 6. The molecular weight excluding hydrogens is 1730 g/mol. The van der Waals surface area contributed by atoms with E-state index in [1.165, 1.54) is 123 Å². The lowest BCUT2D eigenvalue weighted by atomic mass is 9.83. The standard InChI is InChI=1S/C23H22O.3C22H20O.2C22H20S/c1-15-8-5-9-16(14-15)17-10-6-12-19-21(17)22-18(23(2,3)4)11-7-13-20(22)24-19;1-22(2,3)17-12-8-14-19-21(17)20-16(11-7-13-18(20)23-19)15-9-5-4-6-10-15;2*1-22(2,3)19-14-8-13-18-17-12-7-11-16(20(17)23-21(18)19)15-9-5-4-6-10-15;1-22(2,3)17-12-8-14-19-21(17)20-16(11-7-13-18(20)23-19)15-9-5-4-6-10-15;1-22(2,3)19-14-8-13-18-17-12-7-11-16(20(17)23-21(18)19)15-9-5-4-6-10-15/h5-14H,1-4H3;5*4-14H,1-3H3/i5D,8D,9D,14D;;4D,5D,6D,9D,10D;;;. The van der Waals surface area contributed by atoms with Crippen LogP contribution in [0.15, 0.2) is 412 Å². The molecule has 0 saturated carbocycles. The summed E-state index contributed by atoms with van der Waals surface area (Å²) in [4.78, 5) is 0. The smallest absolute Gasteiger partial charge is 0.143 e. The molecule has 0 aliphatic carbocycles. The first-order valence-electron chi connectivity index (χ1n) is 52.5. The van der Waals surface area contributed by atoms with Gasteiger partial charge in [0.2, 0.25) is 0 Å². The lowest BCUT2D eigenvalue weighted by molar-refractivity contribution is 0.572. The van der Waals surface area contributed by atoms with E-state index in [-0.39, 0.29) is 86.4 Å². The molecule has 0 bridgehead atoms. The molecule has 6 aromatic heterocycles. The third-order valence-corrected chi connectivity index (χ3v) is 28.5. The number of benzene rings is 18. The Bertz CT molecular complexity index is 8800. The quantitative estimate of drug-likeness (QED) is 0.166. The highest BCUT2D eigenvalue weighted by Gasteiger charge is 2.30. The van der Waals surface area contributed by atoms with Crippen molar-refractivity contribution < 1.29 is 30.0 Å². The minimum atomic E-state index is -0.398. The van der Waals surface area contributed by atoms with Gasteiger partial charge in [0.15, 0.2) is 0 Å². The van der Waals surface area contributed by atoms with E-state index < -0.39 is 6.04 Å². The Morgan fingerprint density at radius 3 is 0.950 bits per heavy atom. The van der Waals surface area contributed by atoms with Crippen molar-refractivity contribution in [3.8, 4) is 66.8 Å². The molecule has 139 heavy (non-hydrogen) atoms. The molecule has 0 fully saturated rings. The largest absolute Gasteiger partial charge is 0.456 e. The van der Waals surface area contributed by atoms with Crippen LogP contribution in [0.3, 0.4) is 0 Å². The zero-order valence-electron chi connectivity index (χ0n) is 91.8. The number of hydrogen-bond acceptors (Lipinski definition) is 6. The predicted octanol–water partition coefficient (Wildman–Crippen LogP) is 40.5. The average molecular weight is 1860 g/mol. The SMILES string of the molecule is CC(C)(C)c1cccc2c1oc1c(-c3ccccc3)cccc12.CC(C)(C)c1cccc2c1sc1c(-c3ccccc3)cccc12.CC(C)(C)c1cccc2oc3cccc(-c4ccccc4)c3c12.CC(C)(C)c1cccc2sc3cccc(-c4ccccc4)c3c12.[2H]c1c([2H])c(C)c([2H])c(-c2cccc3oc4cccc(C(C)(C)C)c4c23)c1[2H].[2H]c1c([2H])c([2H])c(-c2cccc3c2oc2c(C(C)(C)C)cccc23)c([2H])c1[2H]. The van der Waals surface area contributed by atoms with Crippen molar-refractivity contribution >= 4 is 151 Å². The molecule has 0 spiro atoms. The minimum Gasteiger partial charge on any atom is -0.456 e. The lowest BCUT2D eigenvalue weighted by Gasteiger charge is -2.21. The molecule has 0 unspecified atom stereocenters. The van der Waals surface area contributed by atoms with E-state index in [9.17, 15) is 0 Å². The fourth-order valence-electron chi connectivity index (χ4n) is 19.5. The second-order valence-corrected chi connectivity index (χ2v) is 44.3. The number of thiophene rings is 2. The summed E-state index contributed by atoms with van der Waals surface area (Å²) < 4.78 is 104. The van der Waals surface area contributed by atoms with Gasteiger partial charge in [-0.05, 0) is 154 Å². The summed E-state index contributed by atoms with van der Waals surface area (Å²) in [6.45, 7) is 41.7. The summed E-state index contributed by atoms with van der Waals surface area (Å²) in [7, 11) is 0. The highest BCUT2D eigenvalue weighted by atomic mass is 32.1. The van der Waals surface area contributed by atoms with Crippen LogP contribution in [0.4, 0.5) is 0 Å². The van der Waals surface area contributed by atoms with Crippen LogP contribution >= 0.6 is 22.7 Å². The second kappa shape index (κ2) is 37.8. The molecule has 0 aliphatic rings. The number of furan rings is 4. The Hall–Kier alpha value is -14.4. The fourth-order valence-corrected chi connectivity index (χ4v) is 22.2. The first-order chi connectivity index (χ1) is 70.5. The van der Waals surface area contributed by atoms with E-state index >= 15 is 0 Å². The molecule has 0 radical (unpaired) electrons. The Kier molecular flexibility index (Phi) is 22.5. The molecule has 24 aromatic rings. The van der Waals surface area contributed by atoms with Crippen LogP contribution in [0.2, 0.25) is 0 Å². The summed E-state index contributed by atoms with van der Waals surface area (Å²) in [5.74, 6) is 0. The molecule has 0 amide bonds. The number of para-hydroxylation sites is 4. The fraction of sp³-hybridized carbons (Fsp3) is 0.188. The molecular formula is C133H122O4S2. The topological polar surface area (TPSA) is 52.6 Å². The molecule has 0 aliphatic heterocycles. The number of hydrogen-bond donors (Lipinski definition) is 0. The van der Waals surface area contributed by atoms with Crippen LogP contribution in [0, 0.1) is 6.92 Å². The van der Waals surface area contributed by atoms with Gasteiger partial charge in [-0.25, -0.2) is 0 Å². The van der Waals surface area contributed by atoms with Gasteiger partial charge in [-0.2, -0.15) is 0 Å². The van der Waals surface area contributed by atoms with E-state index in [0.29, 0.717) is 33.4 Å². The van der Waals surface area contributed by atoms with Crippen LogP contribution in [0.25, 0.3) is 195 Å². The molecule has 4 nitrogen and oxygen atoms in total. The summed E-state index contributed by atoms with van der Waals surface area (Å²) in [6.07, 6.45) is 0. The van der Waals surface area contributed by atoms with Crippen LogP contribution in [-0.4, -0.2) is 0 Å². The third kappa shape index (κ3) is 18.8. The summed E-state index contributed by atoms with van der Waals surface area (Å²) in [6, 6.07) is 116. The number of fused-ring (bicyclic) bond motifs is 18. The zero-order valence-corrected chi connectivity index (χ0v) is 84.4. The Balaban J connectivity index is 0.000000112. The Morgan fingerprint density at radius 1 is 0.201 bits per heavy atom. The van der Waals surface area contributed by atoms with E-state index in [0.717, 1.165) is 71.7 Å². The van der Waals surface area contributed by atoms with Gasteiger partial charge in [-0.1, -0.05) is 488 Å². The van der Waals surface area contributed by atoms with Crippen molar-refractivity contribution in [2.45, 2.75) is 164 Å². The molecule has 0 N–H and O–H groups in total. The normalized spacial score (nSPS) is 13.0. The maximum atomic E-state index is 8.57. The van der Waals surface area contributed by atoms with Gasteiger partial charge in [0.1, 0.15) is 44.7 Å². The molecule has 24 rings (SSSR count). The average Bonchev–Trinajstić information content (AvgIpc) is 1.43. The highest BCUT2D eigenvalue weighted by Crippen LogP contribution is 2.50. The molecule has 0 atom stereocenters. The summed E-state index contributed by atoms with van der Waals surface area (Å²) >= 11 is 3.84. The van der Waals surface area contributed by atoms with Gasteiger partial charge in [-0.3, -0.25) is 0 Å². The first kappa shape index (κ1) is 82.8. The van der Waals surface area contributed by atoms with Crippen molar-refractivity contribution in [2.75, 3.05) is 0 Å². The predicted molar refractivity (Wildman–Crippen MR) is 603 cm³/mol. The van der Waals surface area contributed by atoms with Crippen molar-refractivity contribution in [3.05, 3.63) is 433 Å². The van der Waals surface area contributed by atoms with Crippen LogP contribution < -0.4 is 0 Å². The lowest BCUT2D eigenvalue weighted by Crippen LogP contribution is -2.11. The highest BCUT2D eigenvalue weighted by molar-refractivity contribution is 7.26. The Labute approximate surface area is 838 Å². The summed E-state index contributed by atoms with van der Waals surface area (Å²) in [5.41, 5.74) is 26.8. The first-order valence-corrected chi connectivity index (χ1v) is 49.7. The minimum absolute atomic E-state index is 0.0558. The monoisotopic (exact) mass is 1860 g/mol. The zero-order chi connectivity index (χ0) is 105. The van der Waals surface area contributed by atoms with E-state index in [1.54, 1.807) is 13.0 Å². The van der Waals surface area contributed by atoms with Crippen LogP contribution in [0.5, 0.6) is 0 Å². The van der Waals surface area contributed by atoms with Crippen LogP contribution in [-0.2, 0) is 32.5 Å². The van der Waals surface area contributed by atoms with Gasteiger partial charge in [0.25, 0.3) is 0 Å². The Morgan fingerprint density at radius 2 is 0.504 bits per heavy atom. The maximum absolute atomic E-state index is 8.57. The van der Waals surface area contributed by atoms with Gasteiger partial charge in [-0.15, -0.1) is 22.7 Å². The van der Waals surface area contributed by atoms with Crippen molar-refractivity contribution in [2.24, 2.45) is 0 Å². The molecule has 6 heterocycles. The van der Waals surface area contributed by atoms with Crippen molar-refractivity contribution in [1.29, 1.82) is 0 Å². The van der Waals surface area contributed by atoms with E-state index in [2.05, 4.69) is 392 Å². The molecule has 6 heteroatoms.